The van der Waals surface area contributed by atoms with Gasteiger partial charge in [-0.3, -0.25) is 9.20 Å². The predicted molar refractivity (Wildman–Crippen MR) is 79.7 cm³/mol. The molecule has 0 unspecified atom stereocenters. The molecule has 0 spiro atoms. The molecule has 0 atom stereocenters. The summed E-state index contributed by atoms with van der Waals surface area (Å²) in [7, 11) is 0. The number of carbonyl (C=O) groups excluding carboxylic acids is 1. The fourth-order valence-electron chi connectivity index (χ4n) is 2.23. The summed E-state index contributed by atoms with van der Waals surface area (Å²) in [5.74, 6) is 0.709. The van der Waals surface area contributed by atoms with E-state index in [1.165, 1.54) is 0 Å². The van der Waals surface area contributed by atoms with Gasteiger partial charge >= 0.3 is 0 Å². The first-order valence-corrected chi connectivity index (χ1v) is 6.84. The Morgan fingerprint density at radius 3 is 2.81 bits per heavy atom. The molecule has 0 radical (unpaired) electrons. The molecule has 0 bridgehead atoms. The molecule has 1 N–H and O–H groups in total. The number of amides is 1. The minimum atomic E-state index is -0.0167. The van der Waals surface area contributed by atoms with E-state index in [0.29, 0.717) is 13.0 Å². The molecule has 2 heterocycles. The van der Waals surface area contributed by atoms with Gasteiger partial charge in [0.05, 0.1) is 13.0 Å². The summed E-state index contributed by atoms with van der Waals surface area (Å²) in [6.07, 6.45) is 2.27. The highest BCUT2D eigenvalue weighted by Crippen LogP contribution is 2.08. The van der Waals surface area contributed by atoms with E-state index in [0.717, 1.165) is 22.6 Å². The van der Waals surface area contributed by atoms with Crippen molar-refractivity contribution in [3.05, 3.63) is 65.6 Å². The molecule has 0 aliphatic heterocycles. The van der Waals surface area contributed by atoms with E-state index in [2.05, 4.69) is 15.5 Å². The number of rotatable bonds is 4. The van der Waals surface area contributed by atoms with Crippen LogP contribution in [0.15, 0.2) is 48.7 Å². The van der Waals surface area contributed by atoms with E-state index in [-0.39, 0.29) is 5.91 Å². The van der Waals surface area contributed by atoms with Crippen LogP contribution in [0.5, 0.6) is 0 Å². The zero-order chi connectivity index (χ0) is 14.7. The van der Waals surface area contributed by atoms with Crippen molar-refractivity contribution in [1.29, 1.82) is 0 Å². The maximum atomic E-state index is 12.0. The molecule has 3 aromatic rings. The van der Waals surface area contributed by atoms with Crippen molar-refractivity contribution in [3.8, 4) is 0 Å². The Bertz CT molecular complexity index is 779. The van der Waals surface area contributed by atoms with E-state index >= 15 is 0 Å². The number of benzene rings is 1. The molecule has 0 fully saturated rings. The molecule has 106 valence electrons. The van der Waals surface area contributed by atoms with E-state index < -0.39 is 0 Å². The molecular formula is C16H16N4O. The first kappa shape index (κ1) is 13.3. The monoisotopic (exact) mass is 280 g/mol. The van der Waals surface area contributed by atoms with Crippen molar-refractivity contribution >= 4 is 11.6 Å². The Kier molecular flexibility index (Phi) is 3.64. The van der Waals surface area contributed by atoms with Crippen LogP contribution in [0.25, 0.3) is 5.65 Å². The highest BCUT2D eigenvalue weighted by Gasteiger charge is 2.08. The van der Waals surface area contributed by atoms with Crippen molar-refractivity contribution < 1.29 is 4.79 Å². The Hall–Kier alpha value is -2.69. The number of hydrogen-bond acceptors (Lipinski definition) is 3. The molecule has 0 aliphatic carbocycles. The van der Waals surface area contributed by atoms with E-state index in [1.54, 1.807) is 0 Å². The van der Waals surface area contributed by atoms with Crippen LogP contribution in [0.4, 0.5) is 0 Å². The van der Waals surface area contributed by atoms with Crippen LogP contribution in [0.3, 0.4) is 0 Å². The smallest absolute Gasteiger partial charge is 0.224 e. The van der Waals surface area contributed by atoms with Gasteiger partial charge < -0.3 is 5.32 Å². The third-order valence-electron chi connectivity index (χ3n) is 3.44. The summed E-state index contributed by atoms with van der Waals surface area (Å²) >= 11 is 0. The lowest BCUT2D eigenvalue weighted by Gasteiger charge is -2.06. The number of carbonyl (C=O) groups is 1. The Morgan fingerprint density at radius 1 is 1.14 bits per heavy atom. The van der Waals surface area contributed by atoms with Gasteiger partial charge in [0.2, 0.25) is 5.91 Å². The number of nitrogens with zero attached hydrogens (tertiary/aromatic N) is 3. The van der Waals surface area contributed by atoms with Gasteiger partial charge in [-0.05, 0) is 30.2 Å². The topological polar surface area (TPSA) is 59.3 Å². The lowest BCUT2D eigenvalue weighted by Crippen LogP contribution is -2.25. The normalized spacial score (nSPS) is 10.7. The molecule has 21 heavy (non-hydrogen) atoms. The maximum absolute atomic E-state index is 12.0. The van der Waals surface area contributed by atoms with Crippen LogP contribution >= 0.6 is 0 Å². The number of aromatic nitrogens is 3. The van der Waals surface area contributed by atoms with Crippen molar-refractivity contribution in [3.63, 3.8) is 0 Å². The Balaban J connectivity index is 1.65. The van der Waals surface area contributed by atoms with Gasteiger partial charge in [-0.1, -0.05) is 30.3 Å². The molecule has 2 aromatic heterocycles. The molecule has 5 nitrogen and oxygen atoms in total. The molecular weight excluding hydrogens is 264 g/mol. The summed E-state index contributed by atoms with van der Waals surface area (Å²) in [6, 6.07) is 13.6. The maximum Gasteiger partial charge on any atom is 0.224 e. The van der Waals surface area contributed by atoms with Crippen LogP contribution in [0.2, 0.25) is 0 Å². The summed E-state index contributed by atoms with van der Waals surface area (Å²) in [5, 5.41) is 11.0. The highest BCUT2D eigenvalue weighted by molar-refractivity contribution is 5.78. The van der Waals surface area contributed by atoms with Crippen LogP contribution < -0.4 is 5.32 Å². The highest BCUT2D eigenvalue weighted by atomic mass is 16.1. The van der Waals surface area contributed by atoms with Gasteiger partial charge in [0, 0.05) is 6.20 Å². The Labute approximate surface area is 122 Å². The standard InChI is InChI=1S/C16H16N4O/c1-12-6-2-3-7-13(12)10-16(21)17-11-15-19-18-14-8-4-5-9-20(14)15/h2-9H,10-11H2,1H3,(H,17,21). The third-order valence-corrected chi connectivity index (χ3v) is 3.44. The second kappa shape index (κ2) is 5.75. The Morgan fingerprint density at radius 2 is 1.95 bits per heavy atom. The molecule has 0 saturated carbocycles. The first-order chi connectivity index (χ1) is 10.2. The fraction of sp³-hybridized carbons (Fsp3) is 0.188. The fourth-order valence-corrected chi connectivity index (χ4v) is 2.23. The quantitative estimate of drug-likeness (QED) is 0.794. The summed E-state index contributed by atoms with van der Waals surface area (Å²) in [6.45, 7) is 2.38. The van der Waals surface area contributed by atoms with Gasteiger partial charge in [-0.25, -0.2) is 0 Å². The molecule has 3 rings (SSSR count). The van der Waals surface area contributed by atoms with Crippen LogP contribution in [-0.2, 0) is 17.8 Å². The van der Waals surface area contributed by atoms with Gasteiger partial charge in [-0.2, -0.15) is 0 Å². The summed E-state index contributed by atoms with van der Waals surface area (Å²) in [4.78, 5) is 12.0. The van der Waals surface area contributed by atoms with Gasteiger partial charge in [0.1, 0.15) is 0 Å². The van der Waals surface area contributed by atoms with Crippen LogP contribution in [-0.4, -0.2) is 20.5 Å². The van der Waals surface area contributed by atoms with Gasteiger partial charge in [0.15, 0.2) is 11.5 Å². The first-order valence-electron chi connectivity index (χ1n) is 6.84. The average Bonchev–Trinajstić information content (AvgIpc) is 2.91. The summed E-state index contributed by atoms with van der Waals surface area (Å²) < 4.78 is 1.87. The van der Waals surface area contributed by atoms with Crippen molar-refractivity contribution in [2.75, 3.05) is 0 Å². The minimum Gasteiger partial charge on any atom is -0.348 e. The molecule has 0 saturated heterocycles. The van der Waals surface area contributed by atoms with E-state index in [1.807, 2.05) is 60.0 Å². The largest absolute Gasteiger partial charge is 0.348 e. The lowest BCUT2D eigenvalue weighted by molar-refractivity contribution is -0.120. The predicted octanol–water partition coefficient (Wildman–Crippen LogP) is 1.90. The third kappa shape index (κ3) is 2.91. The van der Waals surface area contributed by atoms with Crippen molar-refractivity contribution in [1.82, 2.24) is 19.9 Å². The average molecular weight is 280 g/mol. The second-order valence-corrected chi connectivity index (χ2v) is 4.93. The van der Waals surface area contributed by atoms with Crippen LogP contribution in [0.1, 0.15) is 17.0 Å². The van der Waals surface area contributed by atoms with Gasteiger partial charge in [0.25, 0.3) is 0 Å². The zero-order valence-corrected chi connectivity index (χ0v) is 11.8. The van der Waals surface area contributed by atoms with E-state index in [4.69, 9.17) is 0 Å². The molecule has 0 aliphatic rings. The SMILES string of the molecule is Cc1ccccc1CC(=O)NCc1nnc2ccccn12. The van der Waals surface area contributed by atoms with Crippen molar-refractivity contribution in [2.45, 2.75) is 19.9 Å². The summed E-state index contributed by atoms with van der Waals surface area (Å²) in [5.41, 5.74) is 2.95. The molecule has 5 heteroatoms. The second-order valence-electron chi connectivity index (χ2n) is 4.93. The number of nitrogens with one attached hydrogen (secondary N) is 1. The van der Waals surface area contributed by atoms with Crippen molar-refractivity contribution in [2.24, 2.45) is 0 Å². The zero-order valence-electron chi connectivity index (χ0n) is 11.8. The molecule has 1 aromatic carbocycles. The lowest BCUT2D eigenvalue weighted by atomic mass is 10.1. The molecule has 1 amide bonds. The van der Waals surface area contributed by atoms with Gasteiger partial charge in [-0.15, -0.1) is 10.2 Å². The number of pyridine rings is 1. The number of fused-ring (bicyclic) bond motifs is 1. The minimum absolute atomic E-state index is 0.0167. The number of aryl methyl sites for hydroxylation is 1. The van der Waals surface area contributed by atoms with Crippen LogP contribution in [0, 0.1) is 6.92 Å². The van der Waals surface area contributed by atoms with E-state index in [9.17, 15) is 4.79 Å². The number of hydrogen-bond donors (Lipinski definition) is 1.